The second kappa shape index (κ2) is 7.28. The standard InChI is InChI=1S/C13H21N3O4S/c1-11(9-16-4-6-20-7-5-16)15-21(18,19)13-3-2-12(10-17)8-14-13/h2-3,8,11,15,17H,4-7,9-10H2,1H3. The predicted molar refractivity (Wildman–Crippen MR) is 77.2 cm³/mol. The molecule has 8 heteroatoms. The molecule has 1 aromatic rings. The molecular weight excluding hydrogens is 294 g/mol. The average Bonchev–Trinajstić information content (AvgIpc) is 2.47. The third-order valence-corrected chi connectivity index (χ3v) is 4.75. The number of sulfonamides is 1. The zero-order valence-electron chi connectivity index (χ0n) is 12.0. The van der Waals surface area contributed by atoms with Crippen LogP contribution in [0.3, 0.4) is 0 Å². The van der Waals surface area contributed by atoms with Gasteiger partial charge < -0.3 is 9.84 Å². The number of hydrogen-bond acceptors (Lipinski definition) is 6. The van der Waals surface area contributed by atoms with Crippen LogP contribution in [-0.4, -0.2) is 62.3 Å². The number of aliphatic hydroxyl groups excluding tert-OH is 1. The molecule has 2 rings (SSSR count). The molecule has 0 bridgehead atoms. The van der Waals surface area contributed by atoms with Crippen molar-refractivity contribution in [2.75, 3.05) is 32.8 Å². The normalized spacial score (nSPS) is 18.6. The van der Waals surface area contributed by atoms with Gasteiger partial charge in [0.05, 0.1) is 19.8 Å². The fourth-order valence-corrected chi connectivity index (χ4v) is 3.36. The van der Waals surface area contributed by atoms with Crippen molar-refractivity contribution in [1.29, 1.82) is 0 Å². The van der Waals surface area contributed by atoms with Crippen LogP contribution >= 0.6 is 0 Å². The van der Waals surface area contributed by atoms with E-state index in [0.29, 0.717) is 25.3 Å². The summed E-state index contributed by atoms with van der Waals surface area (Å²) < 4.78 is 32.3. The van der Waals surface area contributed by atoms with Crippen molar-refractivity contribution in [3.8, 4) is 0 Å². The molecule has 1 saturated heterocycles. The number of rotatable bonds is 6. The molecule has 1 aliphatic heterocycles. The maximum Gasteiger partial charge on any atom is 0.258 e. The van der Waals surface area contributed by atoms with Crippen LogP contribution in [0.15, 0.2) is 23.4 Å². The summed E-state index contributed by atoms with van der Waals surface area (Å²) in [4.78, 5) is 6.04. The highest BCUT2D eigenvalue weighted by Gasteiger charge is 2.21. The number of pyridine rings is 1. The van der Waals surface area contributed by atoms with Gasteiger partial charge in [0, 0.05) is 31.9 Å². The highest BCUT2D eigenvalue weighted by Crippen LogP contribution is 2.08. The van der Waals surface area contributed by atoms with E-state index in [1.165, 1.54) is 12.3 Å². The number of aromatic nitrogens is 1. The first kappa shape index (κ1) is 16.3. The molecule has 0 radical (unpaired) electrons. The van der Waals surface area contributed by atoms with Crippen LogP contribution in [0.5, 0.6) is 0 Å². The number of nitrogens with one attached hydrogen (secondary N) is 1. The van der Waals surface area contributed by atoms with Gasteiger partial charge in [-0.25, -0.2) is 18.1 Å². The number of ether oxygens (including phenoxy) is 1. The largest absolute Gasteiger partial charge is 0.392 e. The van der Waals surface area contributed by atoms with Gasteiger partial charge in [0.1, 0.15) is 0 Å². The molecule has 0 amide bonds. The number of hydrogen-bond donors (Lipinski definition) is 2. The second-order valence-corrected chi connectivity index (χ2v) is 6.76. The van der Waals surface area contributed by atoms with Crippen LogP contribution in [0.25, 0.3) is 0 Å². The van der Waals surface area contributed by atoms with Crippen molar-refractivity contribution in [3.63, 3.8) is 0 Å². The molecule has 1 aromatic heterocycles. The Morgan fingerprint density at radius 2 is 2.14 bits per heavy atom. The molecule has 7 nitrogen and oxygen atoms in total. The van der Waals surface area contributed by atoms with Gasteiger partial charge in [-0.15, -0.1) is 0 Å². The van der Waals surface area contributed by atoms with Crippen molar-refractivity contribution in [2.45, 2.75) is 24.6 Å². The Morgan fingerprint density at radius 3 is 2.71 bits per heavy atom. The zero-order valence-corrected chi connectivity index (χ0v) is 12.8. The first-order chi connectivity index (χ1) is 10.0. The Balaban J connectivity index is 1.95. The van der Waals surface area contributed by atoms with Gasteiger partial charge >= 0.3 is 0 Å². The van der Waals surface area contributed by atoms with E-state index < -0.39 is 10.0 Å². The second-order valence-electron chi connectivity index (χ2n) is 5.10. The minimum Gasteiger partial charge on any atom is -0.392 e. The van der Waals surface area contributed by atoms with Crippen LogP contribution in [-0.2, 0) is 21.4 Å². The first-order valence-electron chi connectivity index (χ1n) is 6.89. The lowest BCUT2D eigenvalue weighted by Crippen LogP contribution is -2.46. The van der Waals surface area contributed by atoms with Crippen LogP contribution in [0, 0.1) is 0 Å². The van der Waals surface area contributed by atoms with E-state index in [4.69, 9.17) is 9.84 Å². The molecule has 1 aliphatic rings. The lowest BCUT2D eigenvalue weighted by molar-refractivity contribution is 0.0354. The molecule has 1 unspecified atom stereocenters. The quantitative estimate of drug-likeness (QED) is 0.740. The van der Waals surface area contributed by atoms with E-state index in [-0.39, 0.29) is 17.7 Å². The third kappa shape index (κ3) is 4.72. The average molecular weight is 315 g/mol. The summed E-state index contributed by atoms with van der Waals surface area (Å²) in [6.07, 6.45) is 1.36. The molecule has 0 saturated carbocycles. The Labute approximate surface area is 125 Å². The summed E-state index contributed by atoms with van der Waals surface area (Å²) in [6, 6.07) is 2.73. The molecule has 2 N–H and O–H groups in total. The molecular formula is C13H21N3O4S. The molecule has 2 heterocycles. The van der Waals surface area contributed by atoms with Gasteiger partial charge in [-0.2, -0.15) is 0 Å². The van der Waals surface area contributed by atoms with Crippen LogP contribution < -0.4 is 4.72 Å². The maximum absolute atomic E-state index is 12.2. The van der Waals surface area contributed by atoms with Crippen molar-refractivity contribution in [1.82, 2.24) is 14.6 Å². The summed E-state index contributed by atoms with van der Waals surface area (Å²) >= 11 is 0. The molecule has 118 valence electrons. The van der Waals surface area contributed by atoms with Crippen LogP contribution in [0.4, 0.5) is 0 Å². The van der Waals surface area contributed by atoms with E-state index in [2.05, 4.69) is 14.6 Å². The number of morpholine rings is 1. The van der Waals surface area contributed by atoms with Crippen LogP contribution in [0.1, 0.15) is 12.5 Å². The first-order valence-corrected chi connectivity index (χ1v) is 8.38. The fraction of sp³-hybridized carbons (Fsp3) is 0.615. The smallest absolute Gasteiger partial charge is 0.258 e. The summed E-state index contributed by atoms with van der Waals surface area (Å²) in [7, 11) is -3.64. The monoisotopic (exact) mass is 315 g/mol. The molecule has 0 spiro atoms. The third-order valence-electron chi connectivity index (χ3n) is 3.25. The van der Waals surface area contributed by atoms with Crippen LogP contribution in [0.2, 0.25) is 0 Å². The highest BCUT2D eigenvalue weighted by atomic mass is 32.2. The van der Waals surface area contributed by atoms with E-state index in [9.17, 15) is 8.42 Å². The van der Waals surface area contributed by atoms with E-state index >= 15 is 0 Å². The molecule has 1 atom stereocenters. The topological polar surface area (TPSA) is 91.8 Å². The van der Waals surface area contributed by atoms with Gasteiger partial charge in [-0.3, -0.25) is 4.90 Å². The SMILES string of the molecule is CC(CN1CCOCC1)NS(=O)(=O)c1ccc(CO)cn1. The summed E-state index contributed by atoms with van der Waals surface area (Å²) in [5, 5.41) is 8.90. The predicted octanol–water partition coefficient (Wildman–Crippen LogP) is -0.427. The van der Waals surface area contributed by atoms with Gasteiger partial charge in [-0.1, -0.05) is 6.07 Å². The molecule has 21 heavy (non-hydrogen) atoms. The Kier molecular flexibility index (Phi) is 5.65. The summed E-state index contributed by atoms with van der Waals surface area (Å²) in [5.41, 5.74) is 0.579. The lowest BCUT2D eigenvalue weighted by atomic mass is 10.3. The van der Waals surface area contributed by atoms with Crippen molar-refractivity contribution < 1.29 is 18.3 Å². The minimum atomic E-state index is -3.64. The lowest BCUT2D eigenvalue weighted by Gasteiger charge is -2.29. The number of aliphatic hydroxyl groups is 1. The minimum absolute atomic E-state index is 0.0338. The Morgan fingerprint density at radius 1 is 1.43 bits per heavy atom. The molecule has 1 fully saturated rings. The van der Waals surface area contributed by atoms with Gasteiger partial charge in [-0.05, 0) is 18.6 Å². The van der Waals surface area contributed by atoms with Gasteiger partial charge in [0.2, 0.25) is 0 Å². The summed E-state index contributed by atoms with van der Waals surface area (Å²) in [6.45, 7) is 5.30. The zero-order chi connectivity index (χ0) is 15.3. The van der Waals surface area contributed by atoms with Crippen molar-refractivity contribution in [3.05, 3.63) is 23.9 Å². The van der Waals surface area contributed by atoms with E-state index in [1.807, 2.05) is 6.92 Å². The van der Waals surface area contributed by atoms with Crippen molar-refractivity contribution >= 4 is 10.0 Å². The van der Waals surface area contributed by atoms with Crippen molar-refractivity contribution in [2.24, 2.45) is 0 Å². The Bertz CT molecular complexity index is 541. The van der Waals surface area contributed by atoms with E-state index in [1.54, 1.807) is 6.07 Å². The summed E-state index contributed by atoms with van der Waals surface area (Å²) in [5.74, 6) is 0. The molecule has 0 aliphatic carbocycles. The maximum atomic E-state index is 12.2. The van der Waals surface area contributed by atoms with Gasteiger partial charge in [0.25, 0.3) is 10.0 Å². The Hall–Kier alpha value is -1.06. The van der Waals surface area contributed by atoms with E-state index in [0.717, 1.165) is 13.1 Å². The molecule has 0 aromatic carbocycles. The highest BCUT2D eigenvalue weighted by molar-refractivity contribution is 7.89. The fourth-order valence-electron chi connectivity index (χ4n) is 2.20. The number of nitrogens with zero attached hydrogens (tertiary/aromatic N) is 2. The van der Waals surface area contributed by atoms with Gasteiger partial charge in [0.15, 0.2) is 5.03 Å².